The van der Waals surface area contributed by atoms with E-state index in [0.717, 1.165) is 24.8 Å². The summed E-state index contributed by atoms with van der Waals surface area (Å²) in [7, 11) is 0. The number of fused-ring (bicyclic) bond motifs is 5. The van der Waals surface area contributed by atoms with Gasteiger partial charge in [-0.2, -0.15) is 0 Å². The van der Waals surface area contributed by atoms with Crippen LogP contribution in [-0.2, 0) is 14.3 Å². The van der Waals surface area contributed by atoms with Gasteiger partial charge in [0.2, 0.25) is 0 Å². The highest BCUT2D eigenvalue weighted by molar-refractivity contribution is 5.69. The van der Waals surface area contributed by atoms with E-state index in [1.165, 1.54) is 0 Å². The molecule has 29 heavy (non-hydrogen) atoms. The van der Waals surface area contributed by atoms with E-state index in [9.17, 15) is 15.0 Å². The molecule has 1 saturated carbocycles. The number of carbonyl (C=O) groups excluding carboxylic acids is 1. The summed E-state index contributed by atoms with van der Waals surface area (Å²) in [6, 6.07) is 0. The molecule has 0 amide bonds. The summed E-state index contributed by atoms with van der Waals surface area (Å²) in [6.07, 6.45) is 1.20. The molecule has 8 atom stereocenters. The van der Waals surface area contributed by atoms with Gasteiger partial charge in [-0.15, -0.1) is 0 Å². The molecule has 3 rings (SSSR count). The Kier molecular flexibility index (Phi) is 6.62. The number of hydrogen-bond acceptors (Lipinski definition) is 5. The fraction of sp³-hybridized carbons (Fsp3) is 0.792. The third-order valence-corrected chi connectivity index (χ3v) is 7.48. The first-order valence-corrected chi connectivity index (χ1v) is 11.2. The topological polar surface area (TPSA) is 76.0 Å². The van der Waals surface area contributed by atoms with Crippen molar-refractivity contribution in [3.05, 3.63) is 24.3 Å². The van der Waals surface area contributed by atoms with Crippen molar-refractivity contribution in [2.45, 2.75) is 96.2 Å². The molecule has 5 nitrogen and oxygen atoms in total. The summed E-state index contributed by atoms with van der Waals surface area (Å²) in [5, 5.41) is 21.6. The first-order chi connectivity index (χ1) is 13.6. The molecule has 2 saturated heterocycles. The van der Waals surface area contributed by atoms with Crippen LogP contribution in [0.2, 0.25) is 0 Å². The van der Waals surface area contributed by atoms with Gasteiger partial charge in [-0.1, -0.05) is 39.5 Å². The predicted octanol–water partition coefficient (Wildman–Crippen LogP) is 3.78. The smallest absolute Gasteiger partial charge is 0.306 e. The van der Waals surface area contributed by atoms with Crippen molar-refractivity contribution in [2.75, 3.05) is 0 Å². The second-order valence-corrected chi connectivity index (χ2v) is 9.84. The molecule has 0 aromatic heterocycles. The van der Waals surface area contributed by atoms with Crippen LogP contribution in [0.4, 0.5) is 0 Å². The third kappa shape index (κ3) is 4.06. The zero-order valence-corrected chi connectivity index (χ0v) is 18.4. The standard InChI is InChI=1S/C24H38O5/c1-7-8-18(26)29-24(6)12-11-17(25)15(5)21(27)22-19-14(4)9-10-16(13(2)3)20(19)23(24)28-22/h13,16-17,19-23,25,27H,4-5,7-12H2,1-3,6H3/t16?,17-,19+,20-,21-,22-,23+,24-/m1/s1. The van der Waals surface area contributed by atoms with Crippen LogP contribution in [-0.4, -0.2) is 46.2 Å². The second-order valence-electron chi connectivity index (χ2n) is 9.84. The van der Waals surface area contributed by atoms with Gasteiger partial charge in [0.15, 0.2) is 0 Å². The second kappa shape index (κ2) is 8.52. The molecule has 0 aromatic rings. The minimum absolute atomic E-state index is 0.0256. The molecule has 2 aliphatic heterocycles. The predicted molar refractivity (Wildman–Crippen MR) is 112 cm³/mol. The molecule has 1 unspecified atom stereocenters. The van der Waals surface area contributed by atoms with Crippen LogP contribution in [0.25, 0.3) is 0 Å². The van der Waals surface area contributed by atoms with Gasteiger partial charge >= 0.3 is 5.97 Å². The van der Waals surface area contributed by atoms with E-state index in [2.05, 4.69) is 27.0 Å². The van der Waals surface area contributed by atoms with Gasteiger partial charge in [-0.05, 0) is 56.4 Å². The summed E-state index contributed by atoms with van der Waals surface area (Å²) in [5.74, 6) is 0.711. The van der Waals surface area contributed by atoms with E-state index in [1.807, 2.05) is 13.8 Å². The number of aliphatic hydroxyl groups is 2. The van der Waals surface area contributed by atoms with E-state index in [0.29, 0.717) is 36.7 Å². The molecule has 0 aromatic carbocycles. The number of hydrogen-bond donors (Lipinski definition) is 2. The van der Waals surface area contributed by atoms with Crippen molar-refractivity contribution in [3.63, 3.8) is 0 Å². The molecule has 5 heteroatoms. The Morgan fingerprint density at radius 3 is 2.62 bits per heavy atom. The maximum Gasteiger partial charge on any atom is 0.306 e. The van der Waals surface area contributed by atoms with Gasteiger partial charge < -0.3 is 19.7 Å². The average molecular weight is 407 g/mol. The molecule has 0 radical (unpaired) electrons. The molecule has 2 heterocycles. The lowest BCUT2D eigenvalue weighted by Gasteiger charge is -2.45. The van der Waals surface area contributed by atoms with E-state index in [-0.39, 0.29) is 23.9 Å². The molecule has 3 aliphatic rings. The lowest BCUT2D eigenvalue weighted by Crippen LogP contribution is -2.51. The summed E-state index contributed by atoms with van der Waals surface area (Å²) in [4.78, 5) is 12.5. The Morgan fingerprint density at radius 2 is 2.00 bits per heavy atom. The van der Waals surface area contributed by atoms with Gasteiger partial charge in [0.1, 0.15) is 17.8 Å². The number of carbonyl (C=O) groups is 1. The fourth-order valence-corrected chi connectivity index (χ4v) is 5.84. The molecule has 2 N–H and O–H groups in total. The molecule has 164 valence electrons. The number of esters is 1. The van der Waals surface area contributed by atoms with E-state index < -0.39 is 23.9 Å². The van der Waals surface area contributed by atoms with Crippen LogP contribution in [0.1, 0.15) is 66.2 Å². The van der Waals surface area contributed by atoms with Crippen LogP contribution in [0.3, 0.4) is 0 Å². The van der Waals surface area contributed by atoms with Gasteiger partial charge in [0.05, 0.1) is 12.2 Å². The van der Waals surface area contributed by atoms with E-state index >= 15 is 0 Å². The minimum atomic E-state index is -0.959. The van der Waals surface area contributed by atoms with Crippen LogP contribution >= 0.6 is 0 Å². The first-order valence-electron chi connectivity index (χ1n) is 11.2. The van der Waals surface area contributed by atoms with Crippen molar-refractivity contribution in [3.8, 4) is 0 Å². The Bertz CT molecular complexity index is 656. The molecule has 3 fully saturated rings. The van der Waals surface area contributed by atoms with Crippen molar-refractivity contribution in [2.24, 2.45) is 23.7 Å². The fourth-order valence-electron chi connectivity index (χ4n) is 5.84. The lowest BCUT2D eigenvalue weighted by molar-refractivity contribution is -0.183. The highest BCUT2D eigenvalue weighted by Crippen LogP contribution is 2.55. The van der Waals surface area contributed by atoms with Crippen LogP contribution < -0.4 is 0 Å². The lowest BCUT2D eigenvalue weighted by atomic mass is 9.60. The number of ether oxygens (including phenoxy) is 2. The first kappa shape index (κ1) is 22.5. The summed E-state index contributed by atoms with van der Waals surface area (Å²) in [6.45, 7) is 16.6. The summed E-state index contributed by atoms with van der Waals surface area (Å²) in [5.41, 5.74) is 0.613. The Balaban J connectivity index is 2.06. The third-order valence-electron chi connectivity index (χ3n) is 7.48. The van der Waals surface area contributed by atoms with Crippen LogP contribution in [0, 0.1) is 23.7 Å². The maximum absolute atomic E-state index is 12.5. The quantitative estimate of drug-likeness (QED) is 0.549. The Labute approximate surface area is 175 Å². The Hall–Kier alpha value is -1.17. The summed E-state index contributed by atoms with van der Waals surface area (Å²) >= 11 is 0. The molecule has 1 aliphatic carbocycles. The van der Waals surface area contributed by atoms with E-state index in [1.54, 1.807) is 0 Å². The summed E-state index contributed by atoms with van der Waals surface area (Å²) < 4.78 is 12.6. The molecular formula is C24H38O5. The minimum Gasteiger partial charge on any atom is -0.457 e. The maximum atomic E-state index is 12.5. The molecule has 2 bridgehead atoms. The number of aliphatic hydroxyl groups excluding tert-OH is 2. The van der Waals surface area contributed by atoms with Crippen molar-refractivity contribution in [1.82, 2.24) is 0 Å². The average Bonchev–Trinajstić information content (AvgIpc) is 3.07. The van der Waals surface area contributed by atoms with Crippen LogP contribution in [0.5, 0.6) is 0 Å². The van der Waals surface area contributed by atoms with Crippen LogP contribution in [0.15, 0.2) is 24.3 Å². The molecule has 0 spiro atoms. The normalized spacial score (nSPS) is 42.8. The highest BCUT2D eigenvalue weighted by atomic mass is 16.6. The zero-order valence-electron chi connectivity index (χ0n) is 18.4. The monoisotopic (exact) mass is 406 g/mol. The Morgan fingerprint density at radius 1 is 1.31 bits per heavy atom. The molecular weight excluding hydrogens is 368 g/mol. The van der Waals surface area contributed by atoms with Crippen molar-refractivity contribution >= 4 is 5.97 Å². The van der Waals surface area contributed by atoms with Gasteiger partial charge in [0.25, 0.3) is 0 Å². The zero-order chi connectivity index (χ0) is 21.5. The van der Waals surface area contributed by atoms with Gasteiger partial charge in [-0.25, -0.2) is 0 Å². The van der Waals surface area contributed by atoms with Gasteiger partial charge in [0, 0.05) is 18.3 Å². The van der Waals surface area contributed by atoms with E-state index in [4.69, 9.17) is 9.47 Å². The van der Waals surface area contributed by atoms with Gasteiger partial charge in [-0.3, -0.25) is 4.79 Å². The van der Waals surface area contributed by atoms with Crippen molar-refractivity contribution < 1.29 is 24.5 Å². The SMILES string of the molecule is C=C1CCC(C(C)C)[C@@H]2[C@H]1[C@H]1O[C@@H]2[C@](C)(OC(=O)CCC)CC[C@@H](O)C(=C)[C@H]1O. The highest BCUT2D eigenvalue weighted by Gasteiger charge is 2.60. The largest absolute Gasteiger partial charge is 0.457 e. The number of rotatable bonds is 4. The van der Waals surface area contributed by atoms with Crippen molar-refractivity contribution in [1.29, 1.82) is 0 Å².